The number of para-hydroxylation sites is 1. The van der Waals surface area contributed by atoms with Gasteiger partial charge in [0, 0.05) is 0 Å². The number of sulfonamides is 1. The minimum atomic E-state index is -4.03. The number of ether oxygens (including phenoxy) is 3. The first-order valence-corrected chi connectivity index (χ1v) is 12.1. The van der Waals surface area contributed by atoms with Crippen LogP contribution in [0.3, 0.4) is 0 Å². The van der Waals surface area contributed by atoms with E-state index in [-0.39, 0.29) is 28.4 Å². The van der Waals surface area contributed by atoms with Gasteiger partial charge in [-0.15, -0.1) is 0 Å². The minimum Gasteiger partial charge on any atom is -0.497 e. The van der Waals surface area contributed by atoms with Crippen molar-refractivity contribution in [2.45, 2.75) is 17.9 Å². The van der Waals surface area contributed by atoms with Gasteiger partial charge in [0.15, 0.2) is 6.10 Å². The zero-order chi connectivity index (χ0) is 25.2. The molecule has 35 heavy (non-hydrogen) atoms. The van der Waals surface area contributed by atoms with Crippen molar-refractivity contribution in [2.24, 2.45) is 0 Å². The molecule has 1 heterocycles. The zero-order valence-corrected chi connectivity index (χ0v) is 20.2. The van der Waals surface area contributed by atoms with E-state index in [1.807, 2.05) is 6.92 Å². The lowest BCUT2D eigenvalue weighted by Crippen LogP contribution is -2.49. The molecule has 182 valence electrons. The van der Waals surface area contributed by atoms with Crippen molar-refractivity contribution < 1.29 is 32.2 Å². The van der Waals surface area contributed by atoms with Gasteiger partial charge in [-0.25, -0.2) is 13.2 Å². The Bertz CT molecular complexity index is 1370. The predicted octanol–water partition coefficient (Wildman–Crippen LogP) is 3.39. The summed E-state index contributed by atoms with van der Waals surface area (Å²) in [5.74, 6) is -0.447. The van der Waals surface area contributed by atoms with E-state index in [4.69, 9.17) is 14.2 Å². The molecule has 1 amide bonds. The van der Waals surface area contributed by atoms with Gasteiger partial charge in [-0.05, 0) is 61.0 Å². The molecule has 0 saturated carbocycles. The van der Waals surface area contributed by atoms with E-state index in [0.29, 0.717) is 11.4 Å². The number of rotatable bonds is 6. The molecular weight excluding hydrogens is 472 g/mol. The third-order valence-electron chi connectivity index (χ3n) is 5.51. The van der Waals surface area contributed by atoms with Crippen molar-refractivity contribution >= 4 is 33.3 Å². The summed E-state index contributed by atoms with van der Waals surface area (Å²) in [6.45, 7) is 1.57. The lowest BCUT2D eigenvalue weighted by molar-refractivity contribution is -0.122. The molecule has 0 fully saturated rings. The van der Waals surface area contributed by atoms with Crippen molar-refractivity contribution in [3.8, 4) is 11.5 Å². The maximum absolute atomic E-state index is 13.6. The molecule has 1 aliphatic rings. The number of nitrogens with zero attached hydrogens (tertiary/aromatic N) is 1. The first-order chi connectivity index (χ1) is 16.7. The van der Waals surface area contributed by atoms with Gasteiger partial charge in [-0.2, -0.15) is 0 Å². The Morgan fingerprint density at radius 1 is 1.03 bits per heavy atom. The Labute approximate surface area is 203 Å². The van der Waals surface area contributed by atoms with Crippen molar-refractivity contribution in [2.75, 3.05) is 30.4 Å². The summed E-state index contributed by atoms with van der Waals surface area (Å²) in [7, 11) is -1.30. The predicted molar refractivity (Wildman–Crippen MR) is 130 cm³/mol. The van der Waals surface area contributed by atoms with Crippen molar-refractivity contribution in [1.29, 1.82) is 0 Å². The lowest BCUT2D eigenvalue weighted by atomic mass is 10.1. The van der Waals surface area contributed by atoms with E-state index in [1.165, 1.54) is 32.4 Å². The fourth-order valence-electron chi connectivity index (χ4n) is 3.69. The third-order valence-corrected chi connectivity index (χ3v) is 7.31. The molecule has 3 aromatic rings. The summed E-state index contributed by atoms with van der Waals surface area (Å²) in [6.07, 6.45) is -1.18. The first-order valence-electron chi connectivity index (χ1n) is 10.7. The Balaban J connectivity index is 1.69. The van der Waals surface area contributed by atoms with Crippen LogP contribution in [-0.4, -0.2) is 47.2 Å². The highest BCUT2D eigenvalue weighted by Crippen LogP contribution is 2.38. The van der Waals surface area contributed by atoms with Gasteiger partial charge in [-0.3, -0.25) is 9.10 Å². The summed E-state index contributed by atoms with van der Waals surface area (Å²) < 4.78 is 44.1. The number of anilines is 2. The maximum atomic E-state index is 13.6. The number of esters is 1. The minimum absolute atomic E-state index is 0.0434. The number of hydrogen-bond acceptors (Lipinski definition) is 7. The topological polar surface area (TPSA) is 111 Å². The highest BCUT2D eigenvalue weighted by molar-refractivity contribution is 7.92. The number of carbonyl (C=O) groups is 2. The fourth-order valence-corrected chi connectivity index (χ4v) is 5.17. The van der Waals surface area contributed by atoms with Crippen LogP contribution >= 0.6 is 0 Å². The molecule has 0 aliphatic carbocycles. The van der Waals surface area contributed by atoms with Crippen LogP contribution in [0.2, 0.25) is 0 Å². The smallest absolute Gasteiger partial charge is 0.339 e. The summed E-state index contributed by atoms with van der Waals surface area (Å²) >= 11 is 0. The molecule has 10 heteroatoms. The van der Waals surface area contributed by atoms with Gasteiger partial charge in [0.2, 0.25) is 0 Å². The van der Waals surface area contributed by atoms with Gasteiger partial charge >= 0.3 is 5.97 Å². The van der Waals surface area contributed by atoms with E-state index in [1.54, 1.807) is 48.5 Å². The van der Waals surface area contributed by atoms with E-state index in [0.717, 1.165) is 9.87 Å². The third kappa shape index (κ3) is 4.78. The SMILES string of the molecule is COC(=O)c1ccccc1NC(=O)[C@@H]1CN(S(=O)(=O)c2ccc(OC)cc2)c2ccc(C)cc2O1. The molecular formula is C25H24N2O7S. The zero-order valence-electron chi connectivity index (χ0n) is 19.3. The molecule has 0 saturated heterocycles. The largest absolute Gasteiger partial charge is 0.497 e. The normalized spacial score (nSPS) is 14.9. The van der Waals surface area contributed by atoms with Gasteiger partial charge in [-0.1, -0.05) is 18.2 Å². The van der Waals surface area contributed by atoms with Crippen LogP contribution in [0.25, 0.3) is 0 Å². The number of fused-ring (bicyclic) bond motifs is 1. The van der Waals surface area contributed by atoms with E-state index >= 15 is 0 Å². The molecule has 1 N–H and O–H groups in total. The summed E-state index contributed by atoms with van der Waals surface area (Å²) in [4.78, 5) is 25.3. The molecule has 1 aliphatic heterocycles. The van der Waals surface area contributed by atoms with Crippen LogP contribution < -0.4 is 19.1 Å². The van der Waals surface area contributed by atoms with Gasteiger partial charge in [0.05, 0.1) is 42.6 Å². The second kappa shape index (κ2) is 9.67. The number of methoxy groups -OCH3 is 2. The summed E-state index contributed by atoms with van der Waals surface area (Å²) in [6, 6.07) is 17.4. The second-order valence-electron chi connectivity index (χ2n) is 7.82. The average molecular weight is 497 g/mol. The monoisotopic (exact) mass is 496 g/mol. The van der Waals surface area contributed by atoms with Gasteiger partial charge < -0.3 is 19.5 Å². The van der Waals surface area contributed by atoms with Crippen LogP contribution in [0.4, 0.5) is 11.4 Å². The van der Waals surface area contributed by atoms with E-state index in [2.05, 4.69) is 5.32 Å². The Morgan fingerprint density at radius 2 is 1.74 bits per heavy atom. The second-order valence-corrected chi connectivity index (χ2v) is 9.68. The highest BCUT2D eigenvalue weighted by Gasteiger charge is 2.38. The maximum Gasteiger partial charge on any atom is 0.339 e. The molecule has 0 radical (unpaired) electrons. The molecule has 0 bridgehead atoms. The molecule has 9 nitrogen and oxygen atoms in total. The molecule has 0 unspecified atom stereocenters. The van der Waals surface area contributed by atoms with Gasteiger partial charge in [0.1, 0.15) is 11.5 Å². The summed E-state index contributed by atoms with van der Waals surface area (Å²) in [5.41, 5.74) is 1.55. The molecule has 0 spiro atoms. The number of hydrogen-bond donors (Lipinski definition) is 1. The quantitative estimate of drug-likeness (QED) is 0.521. The lowest BCUT2D eigenvalue weighted by Gasteiger charge is -2.35. The average Bonchev–Trinajstić information content (AvgIpc) is 2.87. The number of benzene rings is 3. The first kappa shape index (κ1) is 24.1. The van der Waals surface area contributed by atoms with Crippen LogP contribution in [-0.2, 0) is 19.6 Å². The highest BCUT2D eigenvalue weighted by atomic mass is 32.2. The fraction of sp³-hybridized carbons (Fsp3) is 0.200. The van der Waals surface area contributed by atoms with E-state index in [9.17, 15) is 18.0 Å². The molecule has 3 aromatic carbocycles. The van der Waals surface area contributed by atoms with Crippen LogP contribution in [0.15, 0.2) is 71.6 Å². The number of amides is 1. The van der Waals surface area contributed by atoms with Crippen LogP contribution in [0.5, 0.6) is 11.5 Å². The van der Waals surface area contributed by atoms with Crippen molar-refractivity contribution in [1.82, 2.24) is 0 Å². The van der Waals surface area contributed by atoms with Crippen LogP contribution in [0, 0.1) is 6.92 Å². The number of nitrogens with one attached hydrogen (secondary N) is 1. The van der Waals surface area contributed by atoms with Crippen LogP contribution in [0.1, 0.15) is 15.9 Å². The van der Waals surface area contributed by atoms with Crippen molar-refractivity contribution in [3.63, 3.8) is 0 Å². The molecule has 0 aromatic heterocycles. The Morgan fingerprint density at radius 3 is 2.43 bits per heavy atom. The Hall–Kier alpha value is -4.05. The standard InChI is InChI=1S/C25H24N2O7S/c1-16-8-13-21-22(14-16)34-23(24(28)26-20-7-5-4-6-19(20)25(29)33-3)15-27(21)35(30,31)18-11-9-17(32-2)10-12-18/h4-14,23H,15H2,1-3H3,(H,26,28)/t23-/m0/s1. The van der Waals surface area contributed by atoms with E-state index < -0.39 is 28.0 Å². The summed E-state index contributed by atoms with van der Waals surface area (Å²) in [5, 5.41) is 2.66. The molecule has 1 atom stereocenters. The number of carbonyl (C=O) groups excluding carboxylic acids is 2. The Kier molecular flexibility index (Phi) is 6.65. The van der Waals surface area contributed by atoms with Gasteiger partial charge in [0.25, 0.3) is 15.9 Å². The molecule has 4 rings (SSSR count). The number of aryl methyl sites for hydroxylation is 1. The van der Waals surface area contributed by atoms with Crippen molar-refractivity contribution in [3.05, 3.63) is 77.9 Å².